The van der Waals surface area contributed by atoms with Gasteiger partial charge < -0.3 is 10.3 Å². The number of anilines is 1. The number of nitrogens with one attached hydrogen (secondary N) is 2. The second-order valence-corrected chi connectivity index (χ2v) is 8.31. The molecular weight excluding hydrogens is 392 g/mol. The number of aromatic nitrogens is 3. The Kier molecular flexibility index (Phi) is 6.85. The van der Waals surface area contributed by atoms with Crippen LogP contribution in [0.25, 0.3) is 11.0 Å². The lowest BCUT2D eigenvalue weighted by Gasteiger charge is -2.11. The number of thioether (sulfide) groups is 2. The van der Waals surface area contributed by atoms with Crippen LogP contribution in [-0.2, 0) is 11.3 Å². The van der Waals surface area contributed by atoms with E-state index in [9.17, 15) is 9.59 Å². The Bertz CT molecular complexity index is 1040. The third kappa shape index (κ3) is 4.80. The number of unbranched alkanes of at least 4 members (excludes halogenated alkanes) is 1. The third-order valence-electron chi connectivity index (χ3n) is 4.26. The molecule has 0 unspecified atom stereocenters. The van der Waals surface area contributed by atoms with E-state index >= 15 is 0 Å². The first-order chi connectivity index (χ1) is 13.5. The van der Waals surface area contributed by atoms with Crippen molar-refractivity contribution in [2.45, 2.75) is 43.3 Å². The van der Waals surface area contributed by atoms with E-state index in [2.05, 4.69) is 22.2 Å². The minimum atomic E-state index is -0.120. The van der Waals surface area contributed by atoms with Crippen molar-refractivity contribution in [2.75, 3.05) is 17.3 Å². The van der Waals surface area contributed by atoms with E-state index in [1.54, 1.807) is 16.3 Å². The van der Waals surface area contributed by atoms with Crippen LogP contribution in [0.1, 0.15) is 25.5 Å². The first-order valence-corrected chi connectivity index (χ1v) is 11.4. The Hall–Kier alpha value is -2.19. The van der Waals surface area contributed by atoms with E-state index in [4.69, 9.17) is 0 Å². The molecule has 2 aromatic heterocycles. The highest BCUT2D eigenvalue weighted by Gasteiger charge is 2.15. The molecule has 28 heavy (non-hydrogen) atoms. The van der Waals surface area contributed by atoms with Crippen LogP contribution in [0.3, 0.4) is 0 Å². The largest absolute Gasteiger partial charge is 0.353 e. The first-order valence-electron chi connectivity index (χ1n) is 9.18. The highest BCUT2D eigenvalue weighted by molar-refractivity contribution is 7.99. The van der Waals surface area contributed by atoms with Crippen LogP contribution in [0, 0.1) is 6.92 Å². The van der Waals surface area contributed by atoms with Crippen molar-refractivity contribution in [3.8, 4) is 0 Å². The van der Waals surface area contributed by atoms with Crippen molar-refractivity contribution >= 4 is 46.2 Å². The summed E-state index contributed by atoms with van der Waals surface area (Å²) in [5.74, 6) is 0.0710. The van der Waals surface area contributed by atoms with Crippen LogP contribution in [0.2, 0.25) is 0 Å². The highest BCUT2D eigenvalue weighted by Crippen LogP contribution is 2.21. The number of amides is 1. The van der Waals surface area contributed by atoms with Crippen LogP contribution in [0.15, 0.2) is 45.2 Å². The van der Waals surface area contributed by atoms with Crippen LogP contribution in [0.4, 0.5) is 5.69 Å². The first kappa shape index (κ1) is 20.5. The number of H-pyrrole nitrogens is 1. The molecule has 2 heterocycles. The molecule has 0 radical (unpaired) electrons. The molecule has 0 atom stereocenters. The van der Waals surface area contributed by atoms with E-state index in [0.29, 0.717) is 22.7 Å². The Morgan fingerprint density at radius 2 is 2.14 bits per heavy atom. The fraction of sp³-hybridized carbons (Fsp3) is 0.350. The lowest BCUT2D eigenvalue weighted by molar-refractivity contribution is -0.113. The van der Waals surface area contributed by atoms with Crippen molar-refractivity contribution in [1.29, 1.82) is 0 Å². The molecule has 6 nitrogen and oxygen atoms in total. The number of benzene rings is 1. The number of aryl methyl sites for hydroxylation is 1. The lowest BCUT2D eigenvalue weighted by atomic mass is 10.3. The zero-order chi connectivity index (χ0) is 20.1. The topological polar surface area (TPSA) is 79.8 Å². The molecule has 0 saturated carbocycles. The molecule has 0 bridgehead atoms. The van der Waals surface area contributed by atoms with E-state index in [0.717, 1.165) is 29.1 Å². The normalized spacial score (nSPS) is 11.1. The fourth-order valence-corrected chi connectivity index (χ4v) is 4.15. The van der Waals surface area contributed by atoms with Crippen molar-refractivity contribution in [3.63, 3.8) is 0 Å². The minimum Gasteiger partial charge on any atom is -0.353 e. The predicted octanol–water partition coefficient (Wildman–Crippen LogP) is 4.29. The molecule has 0 fully saturated rings. The maximum Gasteiger partial charge on any atom is 0.278 e. The van der Waals surface area contributed by atoms with E-state index in [1.165, 1.54) is 11.8 Å². The smallest absolute Gasteiger partial charge is 0.278 e. The second kappa shape index (κ2) is 9.34. The molecular formula is C20H24N4O2S2. The SMILES string of the molecule is CCCCn1c(SCC(=O)Nc2cccc(SC)c2)nc2cc(C)[nH]c2c1=O. The minimum absolute atomic E-state index is 0.0814. The van der Waals surface area contributed by atoms with Crippen molar-refractivity contribution < 1.29 is 4.79 Å². The summed E-state index contributed by atoms with van der Waals surface area (Å²) in [4.78, 5) is 34.1. The lowest BCUT2D eigenvalue weighted by Crippen LogP contribution is -2.24. The van der Waals surface area contributed by atoms with Gasteiger partial charge in [0.2, 0.25) is 5.91 Å². The van der Waals surface area contributed by atoms with Crippen molar-refractivity contribution in [2.24, 2.45) is 0 Å². The number of carbonyl (C=O) groups excluding carboxylic acids is 1. The monoisotopic (exact) mass is 416 g/mol. The van der Waals surface area contributed by atoms with Crippen molar-refractivity contribution in [3.05, 3.63) is 46.4 Å². The summed E-state index contributed by atoms with van der Waals surface area (Å²) in [6.07, 6.45) is 3.86. The van der Waals surface area contributed by atoms with Crippen LogP contribution < -0.4 is 10.9 Å². The van der Waals surface area contributed by atoms with Crippen molar-refractivity contribution in [1.82, 2.24) is 14.5 Å². The number of hydrogen-bond acceptors (Lipinski definition) is 5. The number of fused-ring (bicyclic) bond motifs is 1. The third-order valence-corrected chi connectivity index (χ3v) is 5.96. The Balaban J connectivity index is 1.78. The molecule has 0 saturated heterocycles. The highest BCUT2D eigenvalue weighted by atomic mass is 32.2. The summed E-state index contributed by atoms with van der Waals surface area (Å²) in [5.41, 5.74) is 2.75. The fourth-order valence-electron chi connectivity index (χ4n) is 2.86. The Morgan fingerprint density at radius 1 is 1.32 bits per heavy atom. The van der Waals surface area contributed by atoms with Gasteiger partial charge in [-0.2, -0.15) is 0 Å². The molecule has 1 amide bonds. The van der Waals surface area contributed by atoms with Gasteiger partial charge in [-0.25, -0.2) is 4.98 Å². The van der Waals surface area contributed by atoms with Gasteiger partial charge in [0.25, 0.3) is 5.56 Å². The summed E-state index contributed by atoms with van der Waals surface area (Å²) in [6, 6.07) is 9.59. The van der Waals surface area contributed by atoms with Gasteiger partial charge in [0, 0.05) is 22.8 Å². The van der Waals surface area contributed by atoms with Crippen LogP contribution in [-0.4, -0.2) is 32.5 Å². The quantitative estimate of drug-likeness (QED) is 0.423. The standard InChI is InChI=1S/C20H24N4O2S2/c1-4-5-9-24-19(26)18-16(10-13(2)21-18)23-20(24)28-12-17(25)22-14-7-6-8-15(11-14)27-3/h6-8,10-11,21H,4-5,9,12H2,1-3H3,(H,22,25). The Morgan fingerprint density at radius 3 is 2.89 bits per heavy atom. The predicted molar refractivity (Wildman–Crippen MR) is 118 cm³/mol. The van der Waals surface area contributed by atoms with Crippen LogP contribution in [0.5, 0.6) is 0 Å². The molecule has 0 spiro atoms. The number of rotatable bonds is 8. The summed E-state index contributed by atoms with van der Waals surface area (Å²) in [5, 5.41) is 3.49. The average Bonchev–Trinajstić information content (AvgIpc) is 3.06. The van der Waals surface area contributed by atoms with Gasteiger partial charge in [-0.05, 0) is 43.9 Å². The summed E-state index contributed by atoms with van der Waals surface area (Å²) < 4.78 is 1.67. The van der Waals surface area contributed by atoms with Gasteiger partial charge in [-0.15, -0.1) is 11.8 Å². The van der Waals surface area contributed by atoms with E-state index in [-0.39, 0.29) is 17.2 Å². The molecule has 0 aliphatic carbocycles. The number of hydrogen-bond donors (Lipinski definition) is 2. The zero-order valence-electron chi connectivity index (χ0n) is 16.2. The molecule has 0 aliphatic rings. The number of nitrogens with zero attached hydrogens (tertiary/aromatic N) is 2. The zero-order valence-corrected chi connectivity index (χ0v) is 17.9. The molecule has 148 valence electrons. The summed E-state index contributed by atoms with van der Waals surface area (Å²) in [7, 11) is 0. The summed E-state index contributed by atoms with van der Waals surface area (Å²) >= 11 is 2.92. The van der Waals surface area contributed by atoms with Crippen LogP contribution >= 0.6 is 23.5 Å². The second-order valence-electron chi connectivity index (χ2n) is 6.49. The molecule has 0 aliphatic heterocycles. The maximum absolute atomic E-state index is 12.9. The molecule has 3 aromatic rings. The van der Waals surface area contributed by atoms with Gasteiger partial charge in [-0.1, -0.05) is 31.2 Å². The molecule has 2 N–H and O–H groups in total. The summed E-state index contributed by atoms with van der Waals surface area (Å²) in [6.45, 7) is 4.58. The van der Waals surface area contributed by atoms with Gasteiger partial charge >= 0.3 is 0 Å². The van der Waals surface area contributed by atoms with Gasteiger partial charge in [0.05, 0.1) is 11.3 Å². The number of aromatic amines is 1. The van der Waals surface area contributed by atoms with Gasteiger partial charge in [0.15, 0.2) is 5.16 Å². The molecule has 8 heteroatoms. The molecule has 1 aromatic carbocycles. The van der Waals surface area contributed by atoms with Gasteiger partial charge in [0.1, 0.15) is 5.52 Å². The maximum atomic E-state index is 12.9. The number of carbonyl (C=O) groups is 1. The van der Waals surface area contributed by atoms with E-state index in [1.807, 2.05) is 43.5 Å². The molecule has 3 rings (SSSR count). The van der Waals surface area contributed by atoms with E-state index < -0.39 is 0 Å². The average molecular weight is 417 g/mol. The van der Waals surface area contributed by atoms with Gasteiger partial charge in [-0.3, -0.25) is 14.2 Å². The Labute approximate surface area is 172 Å².